The zero-order valence-electron chi connectivity index (χ0n) is 35.4. The van der Waals surface area contributed by atoms with Crippen LogP contribution in [0.15, 0.2) is 67.3 Å². The van der Waals surface area contributed by atoms with E-state index in [1.54, 1.807) is 24.3 Å². The molecule has 4 rings (SSSR count). The van der Waals surface area contributed by atoms with Crippen LogP contribution in [0.1, 0.15) is 98.3 Å². The Morgan fingerprint density at radius 3 is 1.70 bits per heavy atom. The number of esters is 1. The average Bonchev–Trinajstić information content (AvgIpc) is 3.21. The van der Waals surface area contributed by atoms with Gasteiger partial charge in [0.05, 0.1) is 42.0 Å². The molecule has 0 aromatic heterocycles. The Morgan fingerprint density at radius 2 is 1.20 bits per heavy atom. The molecular weight excluding hydrogens is 773 g/mol. The summed E-state index contributed by atoms with van der Waals surface area (Å²) in [7, 11) is 0. The quantitative estimate of drug-likeness (QED) is 0.0290. The summed E-state index contributed by atoms with van der Waals surface area (Å²) in [5.41, 5.74) is 1.01. The third kappa shape index (κ3) is 14.4. The lowest BCUT2D eigenvalue weighted by atomic mass is 9.86. The molecule has 15 heteroatoms. The zero-order valence-corrected chi connectivity index (χ0v) is 35.4. The Labute approximate surface area is 351 Å². The Hall–Kier alpha value is -5.96. The molecule has 15 nitrogen and oxygen atoms in total. The number of hydrogen-bond donors (Lipinski definition) is 3. The van der Waals surface area contributed by atoms with Crippen LogP contribution in [-0.4, -0.2) is 74.3 Å². The summed E-state index contributed by atoms with van der Waals surface area (Å²) in [5, 5.41) is 20.4. The molecule has 3 amide bonds. The van der Waals surface area contributed by atoms with Gasteiger partial charge in [-0.15, -0.1) is 0 Å². The second-order valence-corrected chi connectivity index (χ2v) is 15.9. The second kappa shape index (κ2) is 23.0. The average molecular weight is 831 g/mol. The van der Waals surface area contributed by atoms with Crippen LogP contribution in [0.2, 0.25) is 0 Å². The molecule has 0 radical (unpaired) electrons. The first-order chi connectivity index (χ1) is 28.6. The first kappa shape index (κ1) is 46.7. The SMILES string of the molecule is C=CCOC(=O)C1CCC(NC(=O)c2ccc(NC(=O)c3ccc(NC(=O)c4ccc([N+](=O)[O-])c(OCCOCC(C)C)c4)c(OCC(C)C)c3)c(OCC(C)C)c2)CC1. The maximum atomic E-state index is 13.7. The molecular formula is C45H58N4O11. The molecule has 0 aliphatic heterocycles. The molecule has 0 heterocycles. The van der Waals surface area contributed by atoms with E-state index in [1.807, 2.05) is 41.5 Å². The van der Waals surface area contributed by atoms with E-state index in [-0.39, 0.29) is 96.1 Å². The summed E-state index contributed by atoms with van der Waals surface area (Å²) in [6.07, 6.45) is 4.03. The highest BCUT2D eigenvalue weighted by molar-refractivity contribution is 6.08. The van der Waals surface area contributed by atoms with Crippen molar-refractivity contribution in [1.29, 1.82) is 0 Å². The van der Waals surface area contributed by atoms with Gasteiger partial charge in [0.15, 0.2) is 5.75 Å². The Morgan fingerprint density at radius 1 is 0.700 bits per heavy atom. The summed E-state index contributed by atoms with van der Waals surface area (Å²) in [5.74, 6) is -0.758. The van der Waals surface area contributed by atoms with E-state index in [1.165, 1.54) is 36.4 Å². The summed E-state index contributed by atoms with van der Waals surface area (Å²) < 4.78 is 28.5. The van der Waals surface area contributed by atoms with Crippen molar-refractivity contribution < 1.29 is 47.8 Å². The van der Waals surface area contributed by atoms with Crippen LogP contribution in [0.3, 0.4) is 0 Å². The second-order valence-electron chi connectivity index (χ2n) is 15.9. The fourth-order valence-electron chi connectivity index (χ4n) is 6.13. The van der Waals surface area contributed by atoms with Gasteiger partial charge in [-0.3, -0.25) is 29.3 Å². The summed E-state index contributed by atoms with van der Waals surface area (Å²) in [6.45, 7) is 17.0. The summed E-state index contributed by atoms with van der Waals surface area (Å²) in [4.78, 5) is 64.0. The van der Waals surface area contributed by atoms with Gasteiger partial charge in [0, 0.05) is 41.5 Å². The van der Waals surface area contributed by atoms with Gasteiger partial charge in [-0.25, -0.2) is 0 Å². The van der Waals surface area contributed by atoms with Gasteiger partial charge in [0.2, 0.25) is 0 Å². The van der Waals surface area contributed by atoms with Crippen LogP contribution in [0.25, 0.3) is 0 Å². The number of anilines is 2. The van der Waals surface area contributed by atoms with Crippen molar-refractivity contribution in [1.82, 2.24) is 5.32 Å². The van der Waals surface area contributed by atoms with Crippen molar-refractivity contribution in [3.05, 3.63) is 94.1 Å². The first-order valence-corrected chi connectivity index (χ1v) is 20.4. The number of benzene rings is 3. The Bertz CT molecular complexity index is 1970. The molecule has 3 N–H and O–H groups in total. The predicted octanol–water partition coefficient (Wildman–Crippen LogP) is 8.24. The molecule has 1 aliphatic carbocycles. The van der Waals surface area contributed by atoms with Crippen molar-refractivity contribution in [2.45, 2.75) is 73.3 Å². The highest BCUT2D eigenvalue weighted by Crippen LogP contribution is 2.33. The third-order valence-corrected chi connectivity index (χ3v) is 9.22. The van der Waals surface area contributed by atoms with Crippen molar-refractivity contribution in [2.75, 3.05) is 50.3 Å². The fourth-order valence-corrected chi connectivity index (χ4v) is 6.13. The molecule has 0 unspecified atom stereocenters. The topological polar surface area (TPSA) is 194 Å². The van der Waals surface area contributed by atoms with Gasteiger partial charge in [0.1, 0.15) is 24.7 Å². The van der Waals surface area contributed by atoms with E-state index in [4.69, 9.17) is 23.7 Å². The van der Waals surface area contributed by atoms with E-state index >= 15 is 0 Å². The number of nitro benzene ring substituents is 1. The van der Waals surface area contributed by atoms with Crippen molar-refractivity contribution in [2.24, 2.45) is 23.7 Å². The zero-order chi connectivity index (χ0) is 43.8. The third-order valence-electron chi connectivity index (χ3n) is 9.22. The van der Waals surface area contributed by atoms with Crippen molar-refractivity contribution in [3.63, 3.8) is 0 Å². The molecule has 3 aromatic rings. The molecule has 324 valence electrons. The van der Waals surface area contributed by atoms with E-state index in [0.29, 0.717) is 61.8 Å². The van der Waals surface area contributed by atoms with Crippen LogP contribution in [-0.2, 0) is 14.3 Å². The number of amides is 3. The smallest absolute Gasteiger partial charge is 0.310 e. The normalized spacial score (nSPS) is 14.9. The molecule has 0 atom stereocenters. The van der Waals surface area contributed by atoms with E-state index in [9.17, 15) is 29.3 Å². The lowest BCUT2D eigenvalue weighted by Gasteiger charge is -2.28. The van der Waals surface area contributed by atoms with E-state index in [2.05, 4.69) is 22.5 Å². The highest BCUT2D eigenvalue weighted by Gasteiger charge is 2.29. The van der Waals surface area contributed by atoms with Gasteiger partial charge in [-0.05, 0) is 85.9 Å². The van der Waals surface area contributed by atoms with Crippen LogP contribution < -0.4 is 30.2 Å². The predicted molar refractivity (Wildman–Crippen MR) is 228 cm³/mol. The molecule has 1 saturated carbocycles. The number of nitro groups is 1. The number of rotatable bonds is 22. The van der Waals surface area contributed by atoms with Gasteiger partial charge < -0.3 is 39.6 Å². The van der Waals surface area contributed by atoms with Gasteiger partial charge in [-0.2, -0.15) is 0 Å². The lowest BCUT2D eigenvalue weighted by molar-refractivity contribution is -0.385. The largest absolute Gasteiger partial charge is 0.491 e. The van der Waals surface area contributed by atoms with Crippen molar-refractivity contribution in [3.8, 4) is 17.2 Å². The summed E-state index contributed by atoms with van der Waals surface area (Å²) >= 11 is 0. The number of carbonyl (C=O) groups is 4. The van der Waals surface area contributed by atoms with E-state index in [0.717, 1.165) is 0 Å². The van der Waals surface area contributed by atoms with Crippen LogP contribution in [0.4, 0.5) is 17.1 Å². The number of hydrogen-bond acceptors (Lipinski definition) is 11. The van der Waals surface area contributed by atoms with Crippen molar-refractivity contribution >= 4 is 40.8 Å². The van der Waals surface area contributed by atoms with Crippen LogP contribution >= 0.6 is 0 Å². The minimum absolute atomic E-state index is 0.0555. The summed E-state index contributed by atoms with van der Waals surface area (Å²) in [6, 6.07) is 13.1. The molecule has 3 aromatic carbocycles. The number of carbonyl (C=O) groups excluding carboxylic acids is 4. The Balaban J connectivity index is 1.49. The first-order valence-electron chi connectivity index (χ1n) is 20.4. The van der Waals surface area contributed by atoms with Gasteiger partial charge in [-0.1, -0.05) is 54.2 Å². The lowest BCUT2D eigenvalue weighted by Crippen LogP contribution is -2.39. The maximum Gasteiger partial charge on any atom is 0.310 e. The van der Waals surface area contributed by atoms with Crippen LogP contribution in [0.5, 0.6) is 17.2 Å². The standard InChI is InChI=1S/C45H58N4O11/c1-8-19-58-45(53)31-9-14-35(15-10-31)46-42(50)32-11-16-36(39(22-32)59-26-29(4)5)47-43(51)33-12-17-37(40(23-33)60-27-30(6)7)48-44(52)34-13-18-38(49(54)55)41(24-34)57-21-20-56-25-28(2)3/h8,11-13,16-18,22-24,28-31,35H,1,9-10,14-15,19-21,25-27H2,2-7H3,(H,46,50)(H,47,51)(H,48,52). The molecule has 0 saturated heterocycles. The number of ether oxygens (including phenoxy) is 5. The molecule has 60 heavy (non-hydrogen) atoms. The number of nitrogens with zero attached hydrogens (tertiary/aromatic N) is 1. The fraction of sp³-hybridized carbons (Fsp3) is 0.467. The number of nitrogens with one attached hydrogen (secondary N) is 3. The minimum Gasteiger partial charge on any atom is -0.491 e. The molecule has 0 spiro atoms. The highest BCUT2D eigenvalue weighted by atomic mass is 16.6. The maximum absolute atomic E-state index is 13.7. The molecule has 0 bridgehead atoms. The molecule has 1 aliphatic rings. The monoisotopic (exact) mass is 830 g/mol. The van der Waals surface area contributed by atoms with Crippen LogP contribution in [0, 0.1) is 33.8 Å². The van der Waals surface area contributed by atoms with Gasteiger partial charge in [0.25, 0.3) is 17.7 Å². The van der Waals surface area contributed by atoms with E-state index < -0.39 is 16.7 Å². The van der Waals surface area contributed by atoms with Gasteiger partial charge >= 0.3 is 11.7 Å². The molecule has 1 fully saturated rings. The minimum atomic E-state index is -0.583. The Kier molecular flexibility index (Phi) is 17.9.